The van der Waals surface area contributed by atoms with Crippen LogP contribution in [0.2, 0.25) is 0 Å². The Labute approximate surface area is 340 Å². The van der Waals surface area contributed by atoms with Gasteiger partial charge in [0.05, 0.1) is 27.4 Å². The molecule has 7 heteroatoms. The van der Waals surface area contributed by atoms with Crippen molar-refractivity contribution in [2.45, 2.75) is 26.2 Å². The van der Waals surface area contributed by atoms with Crippen LogP contribution in [0.4, 0.5) is 0 Å². The first-order valence-electron chi connectivity index (χ1n) is 19.3. The van der Waals surface area contributed by atoms with Crippen molar-refractivity contribution in [1.82, 2.24) is 4.57 Å². The Hall–Kier alpha value is -6.54. The van der Waals surface area contributed by atoms with Gasteiger partial charge in [-0.3, -0.25) is 0 Å². The number of benzene rings is 6. The number of aromatic nitrogens is 1. The minimum atomic E-state index is -0.354. The highest BCUT2D eigenvalue weighted by atomic mass is 32.1. The smallest absolute Gasteiger partial charge is 0.345 e. The van der Waals surface area contributed by atoms with E-state index in [1.807, 2.05) is 79.8 Å². The molecule has 6 aromatic carbocycles. The van der Waals surface area contributed by atoms with Crippen LogP contribution in [0, 0.1) is 0 Å². The normalized spacial score (nSPS) is 12.3. The average Bonchev–Trinajstić information content (AvgIpc) is 3.93. The summed E-state index contributed by atoms with van der Waals surface area (Å²) in [6.07, 6.45) is 0. The van der Waals surface area contributed by atoms with Gasteiger partial charge in [0, 0.05) is 37.5 Å². The second-order valence-corrected chi connectivity index (χ2v) is 18.2. The molecule has 11 aromatic rings. The summed E-state index contributed by atoms with van der Waals surface area (Å²) in [6, 6.07) is 47.6. The highest BCUT2D eigenvalue weighted by molar-refractivity contribution is 7.31. The Kier molecular flexibility index (Phi) is 7.62. The topological polar surface area (TPSA) is 65.3 Å². The summed E-state index contributed by atoms with van der Waals surface area (Å²) in [6.45, 7) is 6.64. The number of thiophene rings is 2. The number of fused-ring (bicyclic) bond motifs is 10. The quantitative estimate of drug-likeness (QED) is 0.132. The third-order valence-corrected chi connectivity index (χ3v) is 13.9. The molecule has 0 spiro atoms. The summed E-state index contributed by atoms with van der Waals surface area (Å²) >= 11 is 3.49. The van der Waals surface area contributed by atoms with Crippen LogP contribution < -0.4 is 11.3 Å². The van der Waals surface area contributed by atoms with Crippen LogP contribution in [0.5, 0.6) is 0 Å². The second-order valence-electron chi connectivity index (χ2n) is 16.1. The fraction of sp³-hybridized carbons (Fsp3) is 0.0980. The number of hydrogen-bond acceptors (Lipinski definition) is 6. The third-order valence-electron chi connectivity index (χ3n) is 11.6. The van der Waals surface area contributed by atoms with Crippen molar-refractivity contribution in [3.63, 3.8) is 0 Å². The maximum atomic E-state index is 13.6. The zero-order chi connectivity index (χ0) is 39.4. The molecule has 0 aliphatic rings. The Balaban J connectivity index is 0.906. The molecule has 0 amide bonds. The number of nitrogens with zero attached hydrogens (tertiary/aromatic N) is 1. The molecular formula is C51H35NO4S2. The van der Waals surface area contributed by atoms with Crippen LogP contribution in [-0.4, -0.2) is 4.57 Å². The molecular weight excluding hydrogens is 755 g/mol. The molecule has 280 valence electrons. The molecule has 0 N–H and O–H groups in total. The lowest BCUT2D eigenvalue weighted by molar-refractivity contribution is 0.564. The Bertz CT molecular complexity index is 3580. The molecule has 58 heavy (non-hydrogen) atoms. The lowest BCUT2D eigenvalue weighted by atomic mass is 9.85. The fourth-order valence-electron chi connectivity index (χ4n) is 8.46. The molecule has 0 bridgehead atoms. The SMILES string of the molecule is Cn1c(-c2cc3sc(-c4ccc(-c5cc6c(ccc7cc(C(C)(C)C)ccc76)oc5=O)cc4)cc3s2)ccc1-c1cc2c3ccccc3c3ccccc3c2oc1=O. The van der Waals surface area contributed by atoms with E-state index >= 15 is 0 Å². The predicted octanol–water partition coefficient (Wildman–Crippen LogP) is 13.9. The molecule has 0 radical (unpaired) electrons. The molecule has 5 heterocycles. The standard InChI is InChI=1S/C51H35NO4S2/c1-51(2,3)31-18-19-32-30(23-31)17-22-43-38(32)24-37(49(53)55-43)28-13-15-29(16-14-28)44-26-46-47(57-44)27-45(58-46)42-21-20-41(52(42)4)40-25-39-35-11-6-5-9-33(35)34-10-7-8-12-36(34)48(39)56-50(40)54/h5-27H,1-4H3. The van der Waals surface area contributed by atoms with Crippen LogP contribution >= 0.6 is 22.7 Å². The van der Waals surface area contributed by atoms with Gasteiger partial charge in [0.2, 0.25) is 0 Å². The summed E-state index contributed by atoms with van der Waals surface area (Å²) in [7, 11) is 2.01. The van der Waals surface area contributed by atoms with Gasteiger partial charge >= 0.3 is 11.3 Å². The van der Waals surface area contributed by atoms with E-state index in [4.69, 9.17) is 8.83 Å². The van der Waals surface area contributed by atoms with Gasteiger partial charge in [0.25, 0.3) is 0 Å². The first kappa shape index (κ1) is 34.7. The van der Waals surface area contributed by atoms with Crippen LogP contribution in [0.1, 0.15) is 26.3 Å². The number of hydrogen-bond donors (Lipinski definition) is 0. The van der Waals surface area contributed by atoms with E-state index in [-0.39, 0.29) is 16.7 Å². The molecule has 0 saturated carbocycles. The van der Waals surface area contributed by atoms with E-state index in [9.17, 15) is 9.59 Å². The first-order valence-corrected chi connectivity index (χ1v) is 20.9. The minimum absolute atomic E-state index is 0.0400. The molecule has 0 unspecified atom stereocenters. The zero-order valence-corrected chi connectivity index (χ0v) is 33.8. The molecule has 5 aromatic heterocycles. The van der Waals surface area contributed by atoms with E-state index in [0.29, 0.717) is 22.3 Å². The molecule has 5 nitrogen and oxygen atoms in total. The van der Waals surface area contributed by atoms with Crippen molar-refractivity contribution in [1.29, 1.82) is 0 Å². The summed E-state index contributed by atoms with van der Waals surface area (Å²) in [5.74, 6) is 0. The van der Waals surface area contributed by atoms with Gasteiger partial charge in [0.15, 0.2) is 0 Å². The van der Waals surface area contributed by atoms with Gasteiger partial charge in [0.1, 0.15) is 11.2 Å². The van der Waals surface area contributed by atoms with Crippen LogP contribution in [0.3, 0.4) is 0 Å². The predicted molar refractivity (Wildman–Crippen MR) is 244 cm³/mol. The van der Waals surface area contributed by atoms with Gasteiger partial charge in [-0.15, -0.1) is 22.7 Å². The summed E-state index contributed by atoms with van der Waals surface area (Å²) in [4.78, 5) is 29.2. The highest BCUT2D eigenvalue weighted by Gasteiger charge is 2.20. The Morgan fingerprint density at radius 3 is 1.84 bits per heavy atom. The third kappa shape index (κ3) is 5.41. The van der Waals surface area contributed by atoms with Crippen molar-refractivity contribution >= 4 is 86.3 Å². The Morgan fingerprint density at radius 2 is 1.10 bits per heavy atom. The Morgan fingerprint density at radius 1 is 0.500 bits per heavy atom. The van der Waals surface area contributed by atoms with Crippen molar-refractivity contribution in [2.24, 2.45) is 7.05 Å². The molecule has 0 fully saturated rings. The minimum Gasteiger partial charge on any atom is -0.422 e. The lowest BCUT2D eigenvalue weighted by Gasteiger charge is -2.19. The van der Waals surface area contributed by atoms with Gasteiger partial charge < -0.3 is 13.4 Å². The summed E-state index contributed by atoms with van der Waals surface area (Å²) in [5, 5.41) is 8.24. The van der Waals surface area contributed by atoms with Gasteiger partial charge in [-0.1, -0.05) is 118 Å². The maximum Gasteiger partial charge on any atom is 0.345 e. The molecule has 0 aliphatic carbocycles. The average molecular weight is 790 g/mol. The van der Waals surface area contributed by atoms with Crippen LogP contribution in [-0.2, 0) is 12.5 Å². The van der Waals surface area contributed by atoms with E-state index < -0.39 is 0 Å². The van der Waals surface area contributed by atoms with E-state index in [1.165, 1.54) is 15.0 Å². The fourth-order valence-corrected chi connectivity index (χ4v) is 10.9. The maximum absolute atomic E-state index is 13.6. The van der Waals surface area contributed by atoms with E-state index in [2.05, 4.69) is 92.1 Å². The van der Waals surface area contributed by atoms with Crippen molar-refractivity contribution in [3.8, 4) is 43.4 Å². The lowest BCUT2D eigenvalue weighted by Crippen LogP contribution is -2.10. The monoisotopic (exact) mass is 789 g/mol. The number of rotatable bonds is 4. The zero-order valence-electron chi connectivity index (χ0n) is 32.2. The highest BCUT2D eigenvalue weighted by Crippen LogP contribution is 2.43. The van der Waals surface area contributed by atoms with Crippen molar-refractivity contribution in [2.75, 3.05) is 0 Å². The molecule has 0 saturated heterocycles. The molecule has 0 atom stereocenters. The second kappa shape index (κ2) is 12.7. The summed E-state index contributed by atoms with van der Waals surface area (Å²) in [5.41, 5.74) is 6.66. The first-order chi connectivity index (χ1) is 28.1. The molecule has 0 aliphatic heterocycles. The van der Waals surface area contributed by atoms with Crippen molar-refractivity contribution in [3.05, 3.63) is 166 Å². The van der Waals surface area contributed by atoms with Crippen LogP contribution in [0.15, 0.2) is 158 Å². The van der Waals surface area contributed by atoms with Gasteiger partial charge in [-0.2, -0.15) is 0 Å². The van der Waals surface area contributed by atoms with E-state index in [0.717, 1.165) is 75.4 Å². The van der Waals surface area contributed by atoms with Crippen molar-refractivity contribution < 1.29 is 8.83 Å². The summed E-state index contributed by atoms with van der Waals surface area (Å²) < 4.78 is 16.5. The largest absolute Gasteiger partial charge is 0.422 e. The van der Waals surface area contributed by atoms with Gasteiger partial charge in [-0.05, 0) is 91.5 Å². The van der Waals surface area contributed by atoms with E-state index in [1.54, 1.807) is 22.7 Å². The van der Waals surface area contributed by atoms with Gasteiger partial charge in [-0.25, -0.2) is 9.59 Å². The molecule has 11 rings (SSSR count). The van der Waals surface area contributed by atoms with Crippen LogP contribution in [0.25, 0.3) is 107 Å².